The van der Waals surface area contributed by atoms with Crippen LogP contribution in [0.2, 0.25) is 0 Å². The molecule has 0 fully saturated rings. The maximum Gasteiger partial charge on any atom is 0.416 e. The Morgan fingerprint density at radius 2 is 1.83 bits per heavy atom. The van der Waals surface area contributed by atoms with Crippen molar-refractivity contribution in [3.05, 3.63) is 77.8 Å². The zero-order valence-corrected chi connectivity index (χ0v) is 15.5. The summed E-state index contributed by atoms with van der Waals surface area (Å²) in [6.07, 6.45) is -4.52. The van der Waals surface area contributed by atoms with Gasteiger partial charge in [-0.15, -0.1) is 5.10 Å². The molecule has 7 nitrogen and oxygen atoms in total. The Morgan fingerprint density at radius 3 is 2.50 bits per heavy atom. The molecule has 0 unspecified atom stereocenters. The molecule has 10 heteroatoms. The molecule has 2 aromatic heterocycles. The van der Waals surface area contributed by atoms with Crippen molar-refractivity contribution in [1.82, 2.24) is 19.9 Å². The van der Waals surface area contributed by atoms with E-state index in [1.807, 2.05) is 0 Å². The second-order valence-corrected chi connectivity index (χ2v) is 6.36. The normalized spacial score (nSPS) is 11.5. The van der Waals surface area contributed by atoms with Gasteiger partial charge in [-0.2, -0.15) is 13.2 Å². The van der Waals surface area contributed by atoms with Gasteiger partial charge in [-0.05, 0) is 25.1 Å². The number of hydrogen-bond donors (Lipinski definition) is 1. The summed E-state index contributed by atoms with van der Waals surface area (Å²) in [6.45, 7) is 1.66. The molecule has 0 atom stereocenters. The molecule has 0 aliphatic rings. The van der Waals surface area contributed by atoms with Gasteiger partial charge in [0.25, 0.3) is 5.91 Å². The topological polar surface area (TPSA) is 85.8 Å². The van der Waals surface area contributed by atoms with Crippen LogP contribution in [-0.4, -0.2) is 25.8 Å². The van der Waals surface area contributed by atoms with Crippen LogP contribution in [0, 0.1) is 6.92 Å². The Bertz CT molecular complexity index is 1200. The van der Waals surface area contributed by atoms with Crippen LogP contribution < -0.4 is 5.32 Å². The number of alkyl halides is 3. The van der Waals surface area contributed by atoms with Gasteiger partial charge in [-0.1, -0.05) is 41.6 Å². The second kappa shape index (κ2) is 7.47. The summed E-state index contributed by atoms with van der Waals surface area (Å²) in [4.78, 5) is 16.8. The predicted molar refractivity (Wildman–Crippen MR) is 101 cm³/mol. The van der Waals surface area contributed by atoms with Crippen LogP contribution in [-0.2, 0) is 6.18 Å². The first-order chi connectivity index (χ1) is 14.3. The summed E-state index contributed by atoms with van der Waals surface area (Å²) >= 11 is 0. The smallest absolute Gasteiger partial charge is 0.360 e. The number of rotatable bonds is 4. The number of aryl methyl sites for hydroxylation is 1. The van der Waals surface area contributed by atoms with Gasteiger partial charge in [0.15, 0.2) is 11.6 Å². The lowest BCUT2D eigenvalue weighted by molar-refractivity contribution is -0.137. The van der Waals surface area contributed by atoms with Crippen molar-refractivity contribution in [3.63, 3.8) is 0 Å². The monoisotopic (exact) mass is 413 g/mol. The molecule has 0 aliphatic heterocycles. The van der Waals surface area contributed by atoms with E-state index in [2.05, 4.69) is 20.6 Å². The Balaban J connectivity index is 1.78. The summed E-state index contributed by atoms with van der Waals surface area (Å²) in [5, 5.41) is 10.3. The minimum atomic E-state index is -4.52. The number of hydrogen-bond acceptors (Lipinski definition) is 5. The van der Waals surface area contributed by atoms with Crippen LogP contribution in [0.3, 0.4) is 0 Å². The molecule has 0 radical (unpaired) electrons. The number of aromatic nitrogens is 4. The molecule has 2 heterocycles. The number of carbonyl (C=O) groups is 1. The Hall–Kier alpha value is -3.95. The maximum atomic E-state index is 13.2. The Labute approximate surface area is 168 Å². The highest BCUT2D eigenvalue weighted by molar-refractivity contribution is 6.01. The van der Waals surface area contributed by atoms with Crippen LogP contribution in [0.4, 0.5) is 19.0 Å². The van der Waals surface area contributed by atoms with Crippen LogP contribution in [0.1, 0.15) is 21.9 Å². The third kappa shape index (κ3) is 3.93. The van der Waals surface area contributed by atoms with E-state index >= 15 is 0 Å². The fraction of sp³-hybridized carbons (Fsp3) is 0.100. The zero-order valence-electron chi connectivity index (χ0n) is 15.5. The second-order valence-electron chi connectivity index (χ2n) is 6.36. The van der Waals surface area contributed by atoms with Crippen LogP contribution >= 0.6 is 0 Å². The fourth-order valence-electron chi connectivity index (χ4n) is 2.77. The lowest BCUT2D eigenvalue weighted by atomic mass is 10.2. The van der Waals surface area contributed by atoms with Crippen LogP contribution in [0.5, 0.6) is 0 Å². The van der Waals surface area contributed by atoms with Gasteiger partial charge in [-0.25, -0.2) is 9.67 Å². The SMILES string of the molecule is Cc1cc(NC(=O)c2nc(-c3ccccc3)n(-c3cccc(C(F)(F)F)c3)n2)no1. The number of benzene rings is 2. The highest BCUT2D eigenvalue weighted by Gasteiger charge is 2.31. The third-order valence-corrected chi connectivity index (χ3v) is 4.13. The standard InChI is InChI=1S/C20H14F3N5O2/c1-12-10-16(27-30-12)24-19(29)17-25-18(13-6-3-2-4-7-13)28(26-17)15-9-5-8-14(11-15)20(21,22)23/h2-11H,1H3,(H,24,27,29). The minimum Gasteiger partial charge on any atom is -0.360 e. The number of amides is 1. The molecule has 0 bridgehead atoms. The summed E-state index contributed by atoms with van der Waals surface area (Å²) in [7, 11) is 0. The first-order valence-electron chi connectivity index (χ1n) is 8.76. The first-order valence-corrected chi connectivity index (χ1v) is 8.76. The molecular weight excluding hydrogens is 399 g/mol. The van der Waals surface area contributed by atoms with E-state index in [0.29, 0.717) is 11.3 Å². The van der Waals surface area contributed by atoms with Gasteiger partial charge in [0.2, 0.25) is 5.82 Å². The number of anilines is 1. The van der Waals surface area contributed by atoms with E-state index in [4.69, 9.17) is 4.52 Å². The predicted octanol–water partition coefficient (Wildman–Crippen LogP) is 4.50. The van der Waals surface area contributed by atoms with Crippen molar-refractivity contribution >= 4 is 11.7 Å². The lowest BCUT2D eigenvalue weighted by Crippen LogP contribution is -2.14. The Morgan fingerprint density at radius 1 is 1.07 bits per heavy atom. The van der Waals surface area contributed by atoms with E-state index in [1.54, 1.807) is 37.3 Å². The largest absolute Gasteiger partial charge is 0.416 e. The molecular formula is C20H14F3N5O2. The van der Waals surface area contributed by atoms with Crippen molar-refractivity contribution < 1.29 is 22.5 Å². The molecule has 30 heavy (non-hydrogen) atoms. The third-order valence-electron chi connectivity index (χ3n) is 4.13. The van der Waals surface area contributed by atoms with Crippen molar-refractivity contribution in [1.29, 1.82) is 0 Å². The van der Waals surface area contributed by atoms with Gasteiger partial charge < -0.3 is 9.84 Å². The molecule has 1 N–H and O–H groups in total. The first kappa shape index (κ1) is 19.4. The van der Waals surface area contributed by atoms with Gasteiger partial charge in [0, 0.05) is 11.6 Å². The van der Waals surface area contributed by atoms with Crippen molar-refractivity contribution in [3.8, 4) is 17.1 Å². The average molecular weight is 413 g/mol. The molecule has 0 saturated carbocycles. The summed E-state index contributed by atoms with van der Waals surface area (Å²) in [5.41, 5.74) is -0.134. The molecule has 152 valence electrons. The van der Waals surface area contributed by atoms with Gasteiger partial charge in [-0.3, -0.25) is 4.79 Å². The fourth-order valence-corrected chi connectivity index (χ4v) is 2.77. The molecule has 4 rings (SSSR count). The number of halogens is 3. The molecule has 4 aromatic rings. The van der Waals surface area contributed by atoms with E-state index < -0.39 is 17.6 Å². The van der Waals surface area contributed by atoms with E-state index in [1.165, 1.54) is 22.9 Å². The minimum absolute atomic E-state index is 0.118. The summed E-state index contributed by atoms with van der Waals surface area (Å²) in [5.74, 6) is -0.0126. The molecule has 0 saturated heterocycles. The van der Waals surface area contributed by atoms with Crippen molar-refractivity contribution in [2.75, 3.05) is 5.32 Å². The maximum absolute atomic E-state index is 13.2. The number of nitrogens with one attached hydrogen (secondary N) is 1. The lowest BCUT2D eigenvalue weighted by Gasteiger charge is -2.10. The van der Waals surface area contributed by atoms with Gasteiger partial charge >= 0.3 is 6.18 Å². The van der Waals surface area contributed by atoms with E-state index in [-0.39, 0.29) is 23.2 Å². The van der Waals surface area contributed by atoms with Crippen molar-refractivity contribution in [2.45, 2.75) is 13.1 Å². The van der Waals surface area contributed by atoms with Crippen LogP contribution in [0.15, 0.2) is 65.2 Å². The average Bonchev–Trinajstić information content (AvgIpc) is 3.35. The van der Waals surface area contributed by atoms with E-state index in [0.717, 1.165) is 12.1 Å². The van der Waals surface area contributed by atoms with Crippen LogP contribution in [0.25, 0.3) is 17.1 Å². The highest BCUT2D eigenvalue weighted by Crippen LogP contribution is 2.31. The summed E-state index contributed by atoms with van der Waals surface area (Å²) < 4.78 is 45.6. The quantitative estimate of drug-likeness (QED) is 0.532. The molecule has 1 amide bonds. The van der Waals surface area contributed by atoms with Gasteiger partial charge in [0.05, 0.1) is 11.3 Å². The van der Waals surface area contributed by atoms with Gasteiger partial charge in [0.1, 0.15) is 5.76 Å². The highest BCUT2D eigenvalue weighted by atomic mass is 19.4. The van der Waals surface area contributed by atoms with E-state index in [9.17, 15) is 18.0 Å². The molecule has 2 aromatic carbocycles. The molecule has 0 spiro atoms. The Kier molecular flexibility index (Phi) is 4.82. The zero-order chi connectivity index (χ0) is 21.3. The number of nitrogens with zero attached hydrogens (tertiary/aromatic N) is 4. The molecule has 0 aliphatic carbocycles. The number of carbonyl (C=O) groups excluding carboxylic acids is 1. The van der Waals surface area contributed by atoms with Crippen molar-refractivity contribution in [2.24, 2.45) is 0 Å². The summed E-state index contributed by atoms with van der Waals surface area (Å²) in [6, 6.07) is 14.9.